The van der Waals surface area contributed by atoms with Crippen molar-refractivity contribution in [1.82, 2.24) is 9.62 Å². The number of aryl methyl sites for hydroxylation is 2. The minimum atomic E-state index is -3.60. The van der Waals surface area contributed by atoms with Crippen molar-refractivity contribution in [3.8, 4) is 5.75 Å². The van der Waals surface area contributed by atoms with Crippen LogP contribution >= 0.6 is 0 Å². The minimum Gasteiger partial charge on any atom is -0.496 e. The van der Waals surface area contributed by atoms with Gasteiger partial charge in [-0.05, 0) is 74.2 Å². The SMILES string of the molecule is COc1cc(C)c(S(=O)(=O)NCc2ccccc2CN2CCCC2)cc1C. The third-order valence-corrected chi connectivity index (χ3v) is 6.69. The van der Waals surface area contributed by atoms with E-state index in [-0.39, 0.29) is 6.54 Å². The monoisotopic (exact) mass is 388 g/mol. The zero-order valence-corrected chi connectivity index (χ0v) is 17.1. The molecule has 0 unspecified atom stereocenters. The van der Waals surface area contributed by atoms with Crippen molar-refractivity contribution in [2.45, 2.75) is 44.7 Å². The second kappa shape index (κ2) is 8.42. The molecule has 0 spiro atoms. The fraction of sp³-hybridized carbons (Fsp3) is 0.429. The topological polar surface area (TPSA) is 58.6 Å². The molecule has 1 fully saturated rings. The van der Waals surface area contributed by atoms with Gasteiger partial charge in [-0.3, -0.25) is 4.90 Å². The van der Waals surface area contributed by atoms with Crippen LogP contribution in [0.15, 0.2) is 41.3 Å². The van der Waals surface area contributed by atoms with Gasteiger partial charge in [0.05, 0.1) is 12.0 Å². The van der Waals surface area contributed by atoms with Crippen LogP contribution in [0, 0.1) is 13.8 Å². The first kappa shape index (κ1) is 19.9. The summed E-state index contributed by atoms with van der Waals surface area (Å²) in [6, 6.07) is 11.5. The summed E-state index contributed by atoms with van der Waals surface area (Å²) >= 11 is 0. The number of hydrogen-bond acceptors (Lipinski definition) is 4. The molecule has 6 heteroatoms. The van der Waals surface area contributed by atoms with Crippen molar-refractivity contribution in [2.24, 2.45) is 0 Å². The highest BCUT2D eigenvalue weighted by atomic mass is 32.2. The van der Waals surface area contributed by atoms with Crippen LogP contribution in [-0.2, 0) is 23.1 Å². The molecule has 1 N–H and O–H groups in total. The van der Waals surface area contributed by atoms with Crippen LogP contribution in [0.5, 0.6) is 5.75 Å². The Balaban J connectivity index is 1.77. The predicted octanol–water partition coefficient (Wildman–Crippen LogP) is 3.39. The Morgan fingerprint density at radius 1 is 1.04 bits per heavy atom. The molecular weight excluding hydrogens is 360 g/mol. The van der Waals surface area contributed by atoms with E-state index in [2.05, 4.69) is 15.7 Å². The summed E-state index contributed by atoms with van der Waals surface area (Å²) < 4.78 is 33.8. The third-order valence-electron chi connectivity index (χ3n) is 5.15. The van der Waals surface area contributed by atoms with Crippen molar-refractivity contribution in [2.75, 3.05) is 20.2 Å². The number of sulfonamides is 1. The van der Waals surface area contributed by atoms with Crippen LogP contribution in [0.25, 0.3) is 0 Å². The van der Waals surface area contributed by atoms with Gasteiger partial charge in [-0.25, -0.2) is 13.1 Å². The second-order valence-electron chi connectivity index (χ2n) is 7.16. The highest BCUT2D eigenvalue weighted by Crippen LogP contribution is 2.26. The lowest BCUT2D eigenvalue weighted by Gasteiger charge is -2.18. The van der Waals surface area contributed by atoms with Gasteiger partial charge in [0.25, 0.3) is 0 Å². The smallest absolute Gasteiger partial charge is 0.241 e. The summed E-state index contributed by atoms with van der Waals surface area (Å²) in [5.74, 6) is 0.697. The number of nitrogens with zero attached hydrogens (tertiary/aromatic N) is 1. The van der Waals surface area contributed by atoms with Gasteiger partial charge >= 0.3 is 0 Å². The van der Waals surface area contributed by atoms with Crippen molar-refractivity contribution in [3.63, 3.8) is 0 Å². The number of benzene rings is 2. The maximum absolute atomic E-state index is 12.9. The largest absolute Gasteiger partial charge is 0.496 e. The van der Waals surface area contributed by atoms with Gasteiger partial charge in [0.2, 0.25) is 10.0 Å². The molecule has 27 heavy (non-hydrogen) atoms. The molecule has 0 amide bonds. The molecule has 1 aliphatic rings. The first-order valence-corrected chi connectivity index (χ1v) is 10.8. The van der Waals surface area contributed by atoms with Gasteiger partial charge < -0.3 is 4.74 Å². The summed E-state index contributed by atoms with van der Waals surface area (Å²) in [6.45, 7) is 7.03. The van der Waals surface area contributed by atoms with Crippen molar-refractivity contribution >= 4 is 10.0 Å². The summed E-state index contributed by atoms with van der Waals surface area (Å²) in [5.41, 5.74) is 3.69. The quantitative estimate of drug-likeness (QED) is 0.790. The van der Waals surface area contributed by atoms with Gasteiger partial charge in [-0.15, -0.1) is 0 Å². The Hall–Kier alpha value is -1.89. The molecule has 0 atom stereocenters. The van der Waals surface area contributed by atoms with E-state index in [0.29, 0.717) is 16.2 Å². The number of nitrogens with one attached hydrogen (secondary N) is 1. The van der Waals surface area contributed by atoms with E-state index < -0.39 is 10.0 Å². The highest BCUT2D eigenvalue weighted by molar-refractivity contribution is 7.89. The van der Waals surface area contributed by atoms with Gasteiger partial charge in [-0.2, -0.15) is 0 Å². The molecule has 1 saturated heterocycles. The molecule has 0 radical (unpaired) electrons. The summed E-state index contributed by atoms with van der Waals surface area (Å²) in [7, 11) is -2.01. The van der Waals surface area contributed by atoms with Crippen LogP contribution in [0.3, 0.4) is 0 Å². The van der Waals surface area contributed by atoms with E-state index in [1.54, 1.807) is 26.2 Å². The Morgan fingerprint density at radius 2 is 1.70 bits per heavy atom. The summed E-state index contributed by atoms with van der Waals surface area (Å²) in [5, 5.41) is 0. The van der Waals surface area contributed by atoms with Crippen molar-refractivity contribution < 1.29 is 13.2 Å². The number of likely N-dealkylation sites (tertiary alicyclic amines) is 1. The Labute approximate surface area is 162 Å². The lowest BCUT2D eigenvalue weighted by Crippen LogP contribution is -2.26. The van der Waals surface area contributed by atoms with Gasteiger partial charge in [0.15, 0.2) is 0 Å². The number of hydrogen-bond donors (Lipinski definition) is 1. The third kappa shape index (κ3) is 4.69. The zero-order chi connectivity index (χ0) is 19.4. The van der Waals surface area contributed by atoms with Crippen LogP contribution in [-0.4, -0.2) is 33.5 Å². The average Bonchev–Trinajstić information content (AvgIpc) is 3.15. The first-order chi connectivity index (χ1) is 12.9. The van der Waals surface area contributed by atoms with E-state index >= 15 is 0 Å². The molecule has 146 valence electrons. The van der Waals surface area contributed by atoms with Crippen molar-refractivity contribution in [1.29, 1.82) is 0 Å². The van der Waals surface area contributed by atoms with E-state index in [9.17, 15) is 8.42 Å². The molecule has 2 aromatic carbocycles. The number of ether oxygens (including phenoxy) is 1. The van der Waals surface area contributed by atoms with Crippen LogP contribution in [0.4, 0.5) is 0 Å². The highest BCUT2D eigenvalue weighted by Gasteiger charge is 2.20. The molecule has 0 aliphatic carbocycles. The van der Waals surface area contributed by atoms with Gasteiger partial charge in [0.1, 0.15) is 5.75 Å². The van der Waals surface area contributed by atoms with E-state index in [1.165, 1.54) is 18.4 Å². The Kier molecular flexibility index (Phi) is 6.19. The maximum Gasteiger partial charge on any atom is 0.241 e. The Morgan fingerprint density at radius 3 is 2.37 bits per heavy atom. The lowest BCUT2D eigenvalue weighted by molar-refractivity contribution is 0.330. The molecule has 3 rings (SSSR count). The zero-order valence-electron chi connectivity index (χ0n) is 16.3. The van der Waals surface area contributed by atoms with Gasteiger partial charge in [-0.1, -0.05) is 24.3 Å². The summed E-state index contributed by atoms with van der Waals surface area (Å²) in [4.78, 5) is 2.72. The van der Waals surface area contributed by atoms with Crippen molar-refractivity contribution in [3.05, 3.63) is 58.7 Å². The maximum atomic E-state index is 12.9. The van der Waals surface area contributed by atoms with Crippen LogP contribution in [0.2, 0.25) is 0 Å². The van der Waals surface area contributed by atoms with Gasteiger partial charge in [0, 0.05) is 13.1 Å². The normalized spacial score (nSPS) is 15.2. The van der Waals surface area contributed by atoms with Crippen LogP contribution in [0.1, 0.15) is 35.1 Å². The molecule has 0 saturated carbocycles. The predicted molar refractivity (Wildman–Crippen MR) is 107 cm³/mol. The summed E-state index contributed by atoms with van der Waals surface area (Å²) in [6.07, 6.45) is 2.48. The van der Waals surface area contributed by atoms with E-state index in [4.69, 9.17) is 4.74 Å². The standard InChI is InChI=1S/C21H28N2O3S/c1-16-13-21(17(2)12-20(16)26-3)27(24,25)22-14-18-8-4-5-9-19(18)15-23-10-6-7-11-23/h4-5,8-9,12-13,22H,6-7,10-11,14-15H2,1-3H3. The number of methoxy groups -OCH3 is 1. The molecule has 2 aromatic rings. The molecule has 1 heterocycles. The second-order valence-corrected chi connectivity index (χ2v) is 8.90. The molecule has 0 aromatic heterocycles. The minimum absolute atomic E-state index is 0.289. The average molecular weight is 389 g/mol. The molecule has 5 nitrogen and oxygen atoms in total. The van der Waals surface area contributed by atoms with Crippen LogP contribution < -0.4 is 9.46 Å². The molecular formula is C21H28N2O3S. The fourth-order valence-electron chi connectivity index (χ4n) is 3.59. The lowest BCUT2D eigenvalue weighted by atomic mass is 10.1. The molecule has 0 bridgehead atoms. The fourth-order valence-corrected chi connectivity index (χ4v) is 4.90. The molecule has 1 aliphatic heterocycles. The number of rotatable bonds is 7. The van der Waals surface area contributed by atoms with E-state index in [1.807, 2.05) is 25.1 Å². The first-order valence-electron chi connectivity index (χ1n) is 9.35. The van der Waals surface area contributed by atoms with E-state index in [0.717, 1.165) is 30.8 Å². The Bertz CT molecular complexity index is 904.